The van der Waals surface area contributed by atoms with E-state index >= 15 is 0 Å². The molecule has 0 aliphatic heterocycles. The van der Waals surface area contributed by atoms with Crippen molar-refractivity contribution in [3.05, 3.63) is 54.1 Å². The van der Waals surface area contributed by atoms with Crippen molar-refractivity contribution >= 4 is 45.1 Å². The molecule has 3 rings (SSSR count). The summed E-state index contributed by atoms with van der Waals surface area (Å²) in [6.45, 7) is 5.07. The number of rotatable bonds is 9. The quantitative estimate of drug-likeness (QED) is 0.0997. The first-order valence-electron chi connectivity index (χ1n) is 10.3. The van der Waals surface area contributed by atoms with Gasteiger partial charge in [-0.3, -0.25) is 5.43 Å². The summed E-state index contributed by atoms with van der Waals surface area (Å²) in [4.78, 5) is 12.7. The zero-order chi connectivity index (χ0) is 24.6. The van der Waals surface area contributed by atoms with E-state index in [2.05, 4.69) is 46.3 Å². The maximum absolute atomic E-state index is 11.4. The smallest absolute Gasteiger partial charge is 0.275 e. The van der Waals surface area contributed by atoms with Gasteiger partial charge in [0.15, 0.2) is 0 Å². The van der Waals surface area contributed by atoms with Gasteiger partial charge in [0, 0.05) is 24.3 Å². The number of anilines is 4. The van der Waals surface area contributed by atoms with E-state index in [1.807, 2.05) is 13.8 Å². The second-order valence-corrected chi connectivity index (χ2v) is 8.31. The van der Waals surface area contributed by atoms with Crippen molar-refractivity contribution < 1.29 is 8.42 Å². The molecule has 34 heavy (non-hydrogen) atoms. The van der Waals surface area contributed by atoms with Gasteiger partial charge in [-0.25, -0.2) is 13.6 Å². The van der Waals surface area contributed by atoms with Crippen LogP contribution in [0, 0.1) is 0 Å². The largest absolute Gasteiger partial charge is 0.398 e. The third kappa shape index (κ3) is 6.66. The van der Waals surface area contributed by atoms with Crippen molar-refractivity contribution in [2.24, 2.45) is 20.5 Å². The molecule has 2 aromatic carbocycles. The Bertz CT molecular complexity index is 1270. The maximum atomic E-state index is 11.4. The minimum atomic E-state index is -3.80. The van der Waals surface area contributed by atoms with Crippen molar-refractivity contribution in [3.63, 3.8) is 0 Å². The van der Waals surface area contributed by atoms with Crippen LogP contribution in [0.2, 0.25) is 0 Å². The molecule has 7 N–H and O–H groups in total. The lowest BCUT2D eigenvalue weighted by Crippen LogP contribution is -2.11. The number of amidine groups is 1. The molecular weight excluding hydrogens is 458 g/mol. The minimum absolute atomic E-state index is 0.0166. The summed E-state index contributed by atoms with van der Waals surface area (Å²) in [5, 5.41) is 23.8. The second kappa shape index (κ2) is 11.1. The zero-order valence-corrected chi connectivity index (χ0v) is 19.4. The highest BCUT2D eigenvalue weighted by Crippen LogP contribution is 2.18. The molecule has 0 aliphatic rings. The van der Waals surface area contributed by atoms with Crippen LogP contribution in [-0.2, 0) is 10.0 Å². The number of hydrogen-bond acceptors (Lipinski definition) is 11. The number of azo groups is 1. The Morgan fingerprint density at radius 2 is 1.56 bits per heavy atom. The van der Waals surface area contributed by atoms with E-state index in [-0.39, 0.29) is 16.7 Å². The minimum Gasteiger partial charge on any atom is -0.398 e. The molecule has 3 aromatic rings. The highest BCUT2D eigenvalue weighted by atomic mass is 32.2. The molecule has 0 aliphatic carbocycles. The molecule has 0 spiro atoms. The fraction of sp³-hybridized carbons (Fsp3) is 0.200. The Hall–Kier alpha value is -4.17. The number of sulfonamides is 1. The van der Waals surface area contributed by atoms with Crippen LogP contribution >= 0.6 is 0 Å². The third-order valence-electron chi connectivity index (χ3n) is 4.20. The molecule has 0 amide bonds. The topological polar surface area (TPSA) is 198 Å². The average molecular weight is 484 g/mol. The SMILES string of the molecule is CCNc1nc(N=N/C(=N\Nc2ccc(S(N)(=O)=O)cc2)c2ccccc2N)nc(NCC)n1. The van der Waals surface area contributed by atoms with Crippen molar-refractivity contribution in [1.29, 1.82) is 0 Å². The van der Waals surface area contributed by atoms with Gasteiger partial charge in [-0.2, -0.15) is 20.1 Å². The predicted octanol–water partition coefficient (Wildman–Crippen LogP) is 2.52. The summed E-state index contributed by atoms with van der Waals surface area (Å²) < 4.78 is 22.9. The standard InChI is InChI=1S/C20H25N11O2S/c1-3-23-18-25-19(24-4-2)27-20(26-18)31-30-17(15-7-5-6-8-16(15)21)29-28-13-9-11-14(12-10-13)34(22,32)33/h5-12,28H,3-4,21H2,1-2H3,(H2,22,32,33)(H2,23,24,25,26,27)/b29-17-,31-30?. The fourth-order valence-electron chi connectivity index (χ4n) is 2.65. The van der Waals surface area contributed by atoms with Gasteiger partial charge in [0.05, 0.1) is 10.6 Å². The van der Waals surface area contributed by atoms with Crippen LogP contribution in [0.15, 0.2) is 68.8 Å². The molecule has 13 nitrogen and oxygen atoms in total. The average Bonchev–Trinajstić information content (AvgIpc) is 2.80. The lowest BCUT2D eigenvalue weighted by atomic mass is 10.2. The summed E-state index contributed by atoms with van der Waals surface area (Å²) in [5.74, 6) is 0.937. The van der Waals surface area contributed by atoms with Crippen LogP contribution in [0.3, 0.4) is 0 Å². The normalized spacial score (nSPS) is 12.0. The lowest BCUT2D eigenvalue weighted by Gasteiger charge is -2.07. The van der Waals surface area contributed by atoms with Crippen molar-refractivity contribution in [2.45, 2.75) is 18.7 Å². The Kier molecular flexibility index (Phi) is 8.00. The predicted molar refractivity (Wildman–Crippen MR) is 131 cm³/mol. The van der Waals surface area contributed by atoms with E-state index in [9.17, 15) is 8.42 Å². The molecule has 0 radical (unpaired) electrons. The first kappa shape index (κ1) is 24.5. The van der Waals surface area contributed by atoms with Gasteiger partial charge in [-0.1, -0.05) is 12.1 Å². The second-order valence-electron chi connectivity index (χ2n) is 6.75. The Balaban J connectivity index is 1.94. The molecule has 1 aromatic heterocycles. The first-order chi connectivity index (χ1) is 16.3. The molecule has 0 unspecified atom stereocenters. The number of primary sulfonamides is 1. The van der Waals surface area contributed by atoms with Gasteiger partial charge in [0.1, 0.15) is 0 Å². The van der Waals surface area contributed by atoms with Gasteiger partial charge < -0.3 is 16.4 Å². The molecular formula is C20H25N11O2S. The Labute approximate surface area is 196 Å². The molecule has 0 bridgehead atoms. The summed E-state index contributed by atoms with van der Waals surface area (Å²) in [7, 11) is -3.80. The number of nitrogen functional groups attached to an aromatic ring is 1. The monoisotopic (exact) mass is 483 g/mol. The Morgan fingerprint density at radius 1 is 0.941 bits per heavy atom. The maximum Gasteiger partial charge on any atom is 0.275 e. The molecule has 0 saturated heterocycles. The van der Waals surface area contributed by atoms with Gasteiger partial charge in [-0.05, 0) is 50.2 Å². The van der Waals surface area contributed by atoms with E-state index in [4.69, 9.17) is 10.9 Å². The lowest BCUT2D eigenvalue weighted by molar-refractivity contribution is 0.598. The molecule has 0 atom stereocenters. The van der Waals surface area contributed by atoms with E-state index in [0.717, 1.165) is 0 Å². The number of aromatic nitrogens is 3. The van der Waals surface area contributed by atoms with Gasteiger partial charge in [-0.15, -0.1) is 10.2 Å². The van der Waals surface area contributed by atoms with E-state index < -0.39 is 10.0 Å². The van der Waals surface area contributed by atoms with Crippen LogP contribution in [0.4, 0.5) is 29.2 Å². The van der Waals surface area contributed by atoms with Crippen LogP contribution in [0.5, 0.6) is 0 Å². The van der Waals surface area contributed by atoms with E-state index in [1.165, 1.54) is 24.3 Å². The number of hydrazone groups is 1. The van der Waals surface area contributed by atoms with Gasteiger partial charge >= 0.3 is 0 Å². The highest BCUT2D eigenvalue weighted by Gasteiger charge is 2.10. The number of nitrogens with one attached hydrogen (secondary N) is 3. The summed E-state index contributed by atoms with van der Waals surface area (Å²) in [6, 6.07) is 12.8. The molecule has 0 fully saturated rings. The zero-order valence-electron chi connectivity index (χ0n) is 18.6. The van der Waals surface area contributed by atoms with Crippen molar-refractivity contribution in [3.8, 4) is 0 Å². The summed E-state index contributed by atoms with van der Waals surface area (Å²) in [5.41, 5.74) is 10.4. The third-order valence-corrected chi connectivity index (χ3v) is 5.13. The van der Waals surface area contributed by atoms with Crippen molar-refractivity contribution in [2.75, 3.05) is 34.9 Å². The fourth-order valence-corrected chi connectivity index (χ4v) is 3.17. The van der Waals surface area contributed by atoms with Gasteiger partial charge in [0.25, 0.3) is 5.95 Å². The van der Waals surface area contributed by atoms with E-state index in [0.29, 0.717) is 41.9 Å². The van der Waals surface area contributed by atoms with Gasteiger partial charge in [0.2, 0.25) is 27.8 Å². The summed E-state index contributed by atoms with van der Waals surface area (Å²) in [6.07, 6.45) is 0. The van der Waals surface area contributed by atoms with Crippen LogP contribution in [-0.4, -0.2) is 42.3 Å². The number of nitrogens with two attached hydrogens (primary N) is 2. The number of para-hydroxylation sites is 1. The molecule has 1 heterocycles. The molecule has 178 valence electrons. The van der Waals surface area contributed by atoms with Crippen LogP contribution < -0.4 is 26.9 Å². The number of benzene rings is 2. The number of nitrogens with zero attached hydrogens (tertiary/aromatic N) is 6. The summed E-state index contributed by atoms with van der Waals surface area (Å²) >= 11 is 0. The van der Waals surface area contributed by atoms with Crippen molar-refractivity contribution in [1.82, 2.24) is 15.0 Å². The molecule has 0 saturated carbocycles. The van der Waals surface area contributed by atoms with Crippen LogP contribution in [0.25, 0.3) is 0 Å². The Morgan fingerprint density at radius 3 is 2.12 bits per heavy atom. The van der Waals surface area contributed by atoms with Crippen LogP contribution in [0.1, 0.15) is 19.4 Å². The molecule has 14 heteroatoms. The first-order valence-corrected chi connectivity index (χ1v) is 11.8. The highest BCUT2D eigenvalue weighted by molar-refractivity contribution is 7.89. The number of hydrogen-bond donors (Lipinski definition) is 5. The van der Waals surface area contributed by atoms with E-state index in [1.54, 1.807) is 24.3 Å².